The molecule has 0 atom stereocenters. The molecule has 0 nitrogen and oxygen atoms in total. The average molecular weight is 247 g/mol. The molecule has 0 bridgehead atoms. The number of rotatable bonds is 0. The van der Waals surface area contributed by atoms with Crippen LogP contribution < -0.4 is 0 Å². The maximum absolute atomic E-state index is 5.04. The van der Waals surface area contributed by atoms with Gasteiger partial charge in [-0.05, 0) is 0 Å². The number of hydrogen-bond acceptors (Lipinski definition) is 0. The Bertz CT molecular complexity index is 23.0. The molecule has 0 saturated carbocycles. The molecule has 0 spiro atoms. The van der Waals surface area contributed by atoms with Gasteiger partial charge in [-0.2, -0.15) is 0 Å². The van der Waals surface area contributed by atoms with E-state index in [4.69, 9.17) is 34.1 Å². The molecular weight excluding hydrogens is 244 g/mol. The molecule has 38 valence electrons. The van der Waals surface area contributed by atoms with E-state index in [1.807, 2.05) is 0 Å². The van der Waals surface area contributed by atoms with E-state index in [9.17, 15) is 0 Å². The van der Waals surface area contributed by atoms with Gasteiger partial charge in [-0.15, -0.1) is 0 Å². The average Bonchev–Trinajstić information content (AvgIpc) is 0.722. The molecule has 0 fully saturated rings. The molecule has 0 unspecified atom stereocenters. The third-order valence-corrected chi connectivity index (χ3v) is 0. The SMILES string of the molecule is B.[Cl][Zr]([Cl])([Cl])[Cl]. The van der Waals surface area contributed by atoms with Gasteiger partial charge >= 0.3 is 49.5 Å². The molecule has 0 aromatic carbocycles. The van der Waals surface area contributed by atoms with E-state index < -0.39 is 15.5 Å². The summed E-state index contributed by atoms with van der Waals surface area (Å²) in [5.41, 5.74) is 0. The predicted octanol–water partition coefficient (Wildman–Crippen LogP) is 1.57. The minimum atomic E-state index is -3.29. The normalized spacial score (nSPS) is 10.0. The molecule has 0 heterocycles. The van der Waals surface area contributed by atoms with Crippen molar-refractivity contribution >= 4 is 42.5 Å². The van der Waals surface area contributed by atoms with E-state index in [2.05, 4.69) is 0 Å². The van der Waals surface area contributed by atoms with Crippen LogP contribution in [0.25, 0.3) is 0 Å². The zero-order valence-electron chi connectivity index (χ0n) is 2.01. The van der Waals surface area contributed by atoms with Crippen LogP contribution in [0.5, 0.6) is 0 Å². The first-order valence-electron chi connectivity index (χ1n) is 0.756. The number of hydrogen-bond donors (Lipinski definition) is 0. The van der Waals surface area contributed by atoms with E-state index >= 15 is 0 Å². The van der Waals surface area contributed by atoms with Crippen LogP contribution >= 0.6 is 34.1 Å². The summed E-state index contributed by atoms with van der Waals surface area (Å²) in [5, 5.41) is 0. The second-order valence-electron chi connectivity index (χ2n) is 0.429. The summed E-state index contributed by atoms with van der Waals surface area (Å²) >= 11 is -3.29. The van der Waals surface area contributed by atoms with Crippen molar-refractivity contribution in [3.05, 3.63) is 0 Å². The van der Waals surface area contributed by atoms with E-state index in [1.54, 1.807) is 0 Å². The molecule has 0 aliphatic rings. The van der Waals surface area contributed by atoms with E-state index in [0.29, 0.717) is 0 Å². The van der Waals surface area contributed by atoms with Gasteiger partial charge in [-0.3, -0.25) is 0 Å². The van der Waals surface area contributed by atoms with E-state index in [-0.39, 0.29) is 8.41 Å². The van der Waals surface area contributed by atoms with Crippen LogP contribution in [0.1, 0.15) is 0 Å². The molecule has 6 heavy (non-hydrogen) atoms. The van der Waals surface area contributed by atoms with Gasteiger partial charge in [0.1, 0.15) is 0 Å². The molecule has 0 amide bonds. The summed E-state index contributed by atoms with van der Waals surface area (Å²) in [6.07, 6.45) is 0. The van der Waals surface area contributed by atoms with Crippen molar-refractivity contribution < 1.29 is 15.5 Å². The van der Waals surface area contributed by atoms with Crippen LogP contribution in [0.2, 0.25) is 0 Å². The number of halogens is 4. The molecular formula is H3BCl4Zr. The molecule has 0 radical (unpaired) electrons. The molecule has 0 aliphatic carbocycles. The first kappa shape index (κ1) is 11.0. The first-order chi connectivity index (χ1) is 2.00. The van der Waals surface area contributed by atoms with Crippen molar-refractivity contribution in [2.24, 2.45) is 0 Å². The Labute approximate surface area is 57.3 Å². The van der Waals surface area contributed by atoms with Crippen molar-refractivity contribution in [2.75, 3.05) is 0 Å². The Morgan fingerprint density at radius 3 is 0.833 bits per heavy atom. The van der Waals surface area contributed by atoms with Crippen molar-refractivity contribution in [3.63, 3.8) is 0 Å². The quantitative estimate of drug-likeness (QED) is 0.570. The second-order valence-corrected chi connectivity index (χ2v) is 22.8. The third-order valence-electron chi connectivity index (χ3n) is 0. The summed E-state index contributed by atoms with van der Waals surface area (Å²) in [6.45, 7) is 0. The van der Waals surface area contributed by atoms with E-state index in [1.165, 1.54) is 0 Å². The van der Waals surface area contributed by atoms with Gasteiger partial charge in [0.15, 0.2) is 0 Å². The van der Waals surface area contributed by atoms with Gasteiger partial charge in [0.25, 0.3) is 0 Å². The van der Waals surface area contributed by atoms with Gasteiger partial charge in [-0.25, -0.2) is 0 Å². The zero-order chi connectivity index (χ0) is 4.50. The molecule has 0 aliphatic heterocycles. The van der Waals surface area contributed by atoms with Crippen molar-refractivity contribution in [1.82, 2.24) is 0 Å². The Hall–Kier alpha value is 2.11. The van der Waals surface area contributed by atoms with Crippen molar-refractivity contribution in [2.45, 2.75) is 0 Å². The molecule has 0 aromatic rings. The fourth-order valence-corrected chi connectivity index (χ4v) is 0. The molecule has 6 heteroatoms. The van der Waals surface area contributed by atoms with Crippen LogP contribution in [0, 0.1) is 0 Å². The Kier molecular flexibility index (Phi) is 7.38. The van der Waals surface area contributed by atoms with Crippen LogP contribution in [0.4, 0.5) is 0 Å². The van der Waals surface area contributed by atoms with Gasteiger partial charge in [-0.1, -0.05) is 0 Å². The van der Waals surface area contributed by atoms with Crippen molar-refractivity contribution in [1.29, 1.82) is 0 Å². The molecule has 0 saturated heterocycles. The van der Waals surface area contributed by atoms with Gasteiger partial charge < -0.3 is 0 Å². The van der Waals surface area contributed by atoms with Gasteiger partial charge in [0, 0.05) is 0 Å². The van der Waals surface area contributed by atoms with Crippen molar-refractivity contribution in [3.8, 4) is 0 Å². The van der Waals surface area contributed by atoms with Crippen LogP contribution in [0.15, 0.2) is 0 Å². The fourth-order valence-electron chi connectivity index (χ4n) is 0. The minimum absolute atomic E-state index is 0. The summed E-state index contributed by atoms with van der Waals surface area (Å²) in [4.78, 5) is 0. The molecule has 0 rings (SSSR count). The van der Waals surface area contributed by atoms with E-state index in [0.717, 1.165) is 0 Å². The van der Waals surface area contributed by atoms with Crippen LogP contribution in [-0.2, 0) is 15.5 Å². The van der Waals surface area contributed by atoms with Gasteiger partial charge in [0.05, 0.1) is 8.41 Å². The van der Waals surface area contributed by atoms with Crippen LogP contribution in [-0.4, -0.2) is 8.41 Å². The monoisotopic (exact) mass is 244 g/mol. The topological polar surface area (TPSA) is 0 Å². The van der Waals surface area contributed by atoms with Crippen LogP contribution in [0.3, 0.4) is 0 Å². The fraction of sp³-hybridized carbons (Fsp3) is 0. The maximum atomic E-state index is 5.04. The summed E-state index contributed by atoms with van der Waals surface area (Å²) < 4.78 is 0. The second kappa shape index (κ2) is 4.03. The standard InChI is InChI=1S/BH3.4ClH.Zr/h1H3;4*1H;/q;;;;;+4/p-4. The molecule has 0 aromatic heterocycles. The third kappa shape index (κ3) is 35.9. The Morgan fingerprint density at radius 1 is 0.833 bits per heavy atom. The zero-order valence-corrected chi connectivity index (χ0v) is 7.49. The Balaban J connectivity index is 0. The summed E-state index contributed by atoms with van der Waals surface area (Å²) in [5.74, 6) is 0. The molecule has 0 N–H and O–H groups in total. The Morgan fingerprint density at radius 2 is 0.833 bits per heavy atom. The predicted molar refractivity (Wildman–Crippen MR) is 33.4 cm³/mol. The van der Waals surface area contributed by atoms with Gasteiger partial charge in [0.2, 0.25) is 0 Å². The first-order valence-corrected chi connectivity index (χ1v) is 13.4. The summed E-state index contributed by atoms with van der Waals surface area (Å²) in [6, 6.07) is 0. The summed E-state index contributed by atoms with van der Waals surface area (Å²) in [7, 11) is 20.1.